The van der Waals surface area contributed by atoms with Crippen LogP contribution in [-0.2, 0) is 4.79 Å². The maximum absolute atomic E-state index is 9.81. The summed E-state index contributed by atoms with van der Waals surface area (Å²) in [5, 5.41) is 8.08. The Bertz CT molecular complexity index is 70.8. The monoisotopic (exact) mass is 144 g/mol. The first-order valence-electron chi connectivity index (χ1n) is 2.34. The predicted molar refractivity (Wildman–Crippen MR) is 35.6 cm³/mol. The van der Waals surface area contributed by atoms with Gasteiger partial charge in [-0.05, 0) is 5.92 Å². The maximum atomic E-state index is 9.81. The van der Waals surface area contributed by atoms with Crippen LogP contribution in [0.3, 0.4) is 0 Å². The Morgan fingerprint density at radius 2 is 2.00 bits per heavy atom. The summed E-state index contributed by atoms with van der Waals surface area (Å²) in [6.07, 6.45) is 0.278. The van der Waals surface area contributed by atoms with Crippen LogP contribution in [0.1, 0.15) is 20.3 Å². The van der Waals surface area contributed by atoms with Crippen molar-refractivity contribution in [3.63, 3.8) is 0 Å². The molecule has 0 aromatic carbocycles. The Morgan fingerprint density at radius 3 is 2.00 bits per heavy atom. The Balaban J connectivity index is 0. The molecule has 0 heterocycles. The fourth-order valence-electron chi connectivity index (χ4n) is 0.349. The van der Waals surface area contributed by atoms with Crippen LogP contribution >= 0.6 is 0 Å². The van der Waals surface area contributed by atoms with Crippen LogP contribution < -0.4 is 0 Å². The van der Waals surface area contributed by atoms with Gasteiger partial charge in [0.2, 0.25) is 0 Å². The molecule has 0 rings (SSSR count). The molecule has 0 aromatic heterocycles. The molecule has 0 aliphatic rings. The van der Waals surface area contributed by atoms with E-state index >= 15 is 0 Å². The molecule has 2 nitrogen and oxygen atoms in total. The molecule has 0 fully saturated rings. The zero-order chi connectivity index (χ0) is 5.86. The first-order valence-corrected chi connectivity index (χ1v) is 2.34. The van der Waals surface area contributed by atoms with E-state index in [0.717, 1.165) is 0 Å². The molecule has 0 atom stereocenters. The third kappa shape index (κ3) is 9.88. The second kappa shape index (κ2) is 5.86. The average molecular weight is 144 g/mol. The molecule has 0 saturated carbocycles. The van der Waals surface area contributed by atoms with Crippen molar-refractivity contribution in [3.8, 4) is 0 Å². The van der Waals surface area contributed by atoms with E-state index in [1.54, 1.807) is 0 Å². The number of carboxylic acids is 1. The number of carboxylic acid groups (broad SMARTS) is 1. The molecule has 3 heteroatoms. The molecule has 0 amide bonds. The summed E-state index contributed by atoms with van der Waals surface area (Å²) >= 11 is 0. The van der Waals surface area contributed by atoms with E-state index in [4.69, 9.17) is 5.11 Å². The van der Waals surface area contributed by atoms with Gasteiger partial charge in [-0.2, -0.15) is 0 Å². The molecule has 1 N–H and O–H groups in total. The summed E-state index contributed by atoms with van der Waals surface area (Å²) in [7, 11) is 0. The van der Waals surface area contributed by atoms with E-state index in [9.17, 15) is 4.79 Å². The van der Waals surface area contributed by atoms with Crippen LogP contribution in [0.4, 0.5) is 0 Å². The molecular weight excluding hydrogens is 132 g/mol. The summed E-state index contributed by atoms with van der Waals surface area (Å²) in [4.78, 5) is 9.81. The molecule has 0 aromatic rings. The molecule has 0 saturated heterocycles. The van der Waals surface area contributed by atoms with E-state index in [-0.39, 0.29) is 50.1 Å². The van der Waals surface area contributed by atoms with Gasteiger partial charge in [-0.1, -0.05) is 13.8 Å². The van der Waals surface area contributed by atoms with Gasteiger partial charge in [-0.15, -0.1) is 0 Å². The fourth-order valence-corrected chi connectivity index (χ4v) is 0.349. The number of hydrogen-bond donors (Lipinski definition) is 1. The Kier molecular flexibility index (Phi) is 8.43. The predicted octanol–water partition coefficient (Wildman–Crippen LogP) is 0.201. The molecule has 8 heavy (non-hydrogen) atoms. The zero-order valence-corrected chi connectivity index (χ0v) is 4.64. The first-order chi connectivity index (χ1) is 3.13. The Morgan fingerprint density at radius 1 is 1.62 bits per heavy atom. The van der Waals surface area contributed by atoms with Crippen molar-refractivity contribution in [2.24, 2.45) is 5.92 Å². The molecule has 0 bridgehead atoms. The number of rotatable bonds is 2. The normalized spacial score (nSPS) is 8.38. The summed E-state index contributed by atoms with van der Waals surface area (Å²) < 4.78 is 0. The first kappa shape index (κ1) is 11.5. The topological polar surface area (TPSA) is 37.3 Å². The van der Waals surface area contributed by atoms with Gasteiger partial charge in [0.05, 0.1) is 0 Å². The Labute approximate surface area is 79.3 Å². The van der Waals surface area contributed by atoms with Gasteiger partial charge in [0.25, 0.3) is 0 Å². The standard InChI is InChI=1S/C5H10O2.Ca.2H/c1-4(2)3-5(6)7;;;/h4H,3H2,1-2H3,(H,6,7);;;. The summed E-state index contributed by atoms with van der Waals surface area (Å²) in [6, 6.07) is 0. The second-order valence-electron chi connectivity index (χ2n) is 1.99. The molecule has 0 aliphatic carbocycles. The van der Waals surface area contributed by atoms with Gasteiger partial charge in [0.1, 0.15) is 0 Å². The van der Waals surface area contributed by atoms with Gasteiger partial charge in [-0.25, -0.2) is 0 Å². The number of carbonyl (C=O) groups is 1. The van der Waals surface area contributed by atoms with E-state index in [1.165, 1.54) is 0 Å². The Hall–Kier alpha value is 0.730. The van der Waals surface area contributed by atoms with Crippen molar-refractivity contribution in [2.45, 2.75) is 20.3 Å². The van der Waals surface area contributed by atoms with Gasteiger partial charge in [-0.3, -0.25) is 4.79 Å². The van der Waals surface area contributed by atoms with Gasteiger partial charge < -0.3 is 5.11 Å². The van der Waals surface area contributed by atoms with Crippen molar-refractivity contribution in [3.05, 3.63) is 0 Å². The summed E-state index contributed by atoms with van der Waals surface area (Å²) in [6.45, 7) is 3.77. The summed E-state index contributed by atoms with van der Waals surface area (Å²) in [5.41, 5.74) is 0. The van der Waals surface area contributed by atoms with Crippen LogP contribution in [0, 0.1) is 5.92 Å². The van der Waals surface area contributed by atoms with E-state index < -0.39 is 5.97 Å². The average Bonchev–Trinajstić information content (AvgIpc) is 1.27. The minimum atomic E-state index is -0.713. The third-order valence-electron chi connectivity index (χ3n) is 0.583. The van der Waals surface area contributed by atoms with Crippen LogP contribution in [0.5, 0.6) is 0 Å². The fraction of sp³-hybridized carbons (Fsp3) is 0.800. The van der Waals surface area contributed by atoms with Crippen molar-refractivity contribution in [1.29, 1.82) is 0 Å². The number of hydrogen-bond acceptors (Lipinski definition) is 1. The van der Waals surface area contributed by atoms with Crippen LogP contribution in [-0.4, -0.2) is 48.8 Å². The van der Waals surface area contributed by atoms with E-state index in [1.807, 2.05) is 13.8 Å². The van der Waals surface area contributed by atoms with E-state index in [2.05, 4.69) is 0 Å². The summed E-state index contributed by atoms with van der Waals surface area (Å²) in [5.74, 6) is -0.438. The van der Waals surface area contributed by atoms with Crippen molar-refractivity contribution in [2.75, 3.05) is 0 Å². The zero-order valence-electron chi connectivity index (χ0n) is 4.64. The van der Waals surface area contributed by atoms with Crippen LogP contribution in [0.25, 0.3) is 0 Å². The van der Waals surface area contributed by atoms with Crippen LogP contribution in [0.2, 0.25) is 0 Å². The third-order valence-corrected chi connectivity index (χ3v) is 0.583. The molecular formula is C5H12CaO2. The van der Waals surface area contributed by atoms with E-state index in [0.29, 0.717) is 0 Å². The van der Waals surface area contributed by atoms with Crippen molar-refractivity contribution < 1.29 is 9.90 Å². The number of aliphatic carboxylic acids is 1. The quantitative estimate of drug-likeness (QED) is 0.562. The van der Waals surface area contributed by atoms with Crippen LogP contribution in [0.15, 0.2) is 0 Å². The SMILES string of the molecule is CC(C)CC(=O)O.[CaH2]. The minimum absolute atomic E-state index is 0. The molecule has 0 unspecified atom stereocenters. The van der Waals surface area contributed by atoms with Crippen molar-refractivity contribution in [1.82, 2.24) is 0 Å². The molecule has 0 spiro atoms. The molecule has 0 aliphatic heterocycles. The molecule has 0 radical (unpaired) electrons. The van der Waals surface area contributed by atoms with Crippen molar-refractivity contribution >= 4 is 43.7 Å². The second-order valence-corrected chi connectivity index (χ2v) is 1.99. The van der Waals surface area contributed by atoms with Gasteiger partial charge >= 0.3 is 43.7 Å². The van der Waals surface area contributed by atoms with Gasteiger partial charge in [0, 0.05) is 6.42 Å². The van der Waals surface area contributed by atoms with Gasteiger partial charge in [0.15, 0.2) is 0 Å². The molecule has 46 valence electrons.